The van der Waals surface area contributed by atoms with Crippen LogP contribution in [-0.2, 0) is 19.5 Å². The lowest BCUT2D eigenvalue weighted by Gasteiger charge is -2.34. The van der Waals surface area contributed by atoms with E-state index in [0.717, 1.165) is 32.1 Å². The van der Waals surface area contributed by atoms with E-state index < -0.39 is 0 Å². The van der Waals surface area contributed by atoms with E-state index in [1.54, 1.807) is 0 Å². The first kappa shape index (κ1) is 15.0. The second-order valence-electron chi connectivity index (χ2n) is 6.62. The third-order valence-corrected chi connectivity index (χ3v) is 5.14. The number of aryl methyl sites for hydroxylation is 1. The summed E-state index contributed by atoms with van der Waals surface area (Å²) in [6.07, 6.45) is 8.86. The second-order valence-corrected chi connectivity index (χ2v) is 6.62. The average Bonchev–Trinajstić information content (AvgIpc) is 2.92. The summed E-state index contributed by atoms with van der Waals surface area (Å²) in [6.45, 7) is 5.35. The van der Waals surface area contributed by atoms with E-state index in [4.69, 9.17) is 0 Å². The van der Waals surface area contributed by atoms with Gasteiger partial charge >= 0.3 is 0 Å². The highest BCUT2D eigenvalue weighted by molar-refractivity contribution is 4.99. The Morgan fingerprint density at radius 2 is 2.00 bits per heavy atom. The number of rotatable bonds is 5. The number of hydrogen-bond donors (Lipinski definition) is 1. The Morgan fingerprint density at radius 1 is 1.19 bits per heavy atom. The van der Waals surface area contributed by atoms with E-state index in [2.05, 4.69) is 39.0 Å². The lowest BCUT2D eigenvalue weighted by Crippen LogP contribution is -2.40. The van der Waals surface area contributed by atoms with Crippen LogP contribution in [0, 0.1) is 0 Å². The zero-order valence-electron chi connectivity index (χ0n) is 13.5. The van der Waals surface area contributed by atoms with Crippen molar-refractivity contribution in [2.24, 2.45) is 0 Å². The van der Waals surface area contributed by atoms with Crippen LogP contribution in [0.15, 0.2) is 0 Å². The standard InChI is InChI=1S/C16H29N5/c1-3-17-13-7-9-14(10-8-13)20(2)12-16-19-18-15-6-4-5-11-21(15)16/h13-14,17H,3-12H2,1-2H3. The molecule has 118 valence electrons. The number of fused-ring (bicyclic) bond motifs is 1. The highest BCUT2D eigenvalue weighted by Crippen LogP contribution is 2.24. The monoisotopic (exact) mass is 291 g/mol. The van der Waals surface area contributed by atoms with E-state index in [0.29, 0.717) is 6.04 Å². The first-order valence-corrected chi connectivity index (χ1v) is 8.62. The van der Waals surface area contributed by atoms with E-state index in [1.807, 2.05) is 0 Å². The maximum Gasteiger partial charge on any atom is 0.147 e. The molecular weight excluding hydrogens is 262 g/mol. The maximum absolute atomic E-state index is 4.44. The van der Waals surface area contributed by atoms with Crippen LogP contribution in [0.2, 0.25) is 0 Å². The number of nitrogens with zero attached hydrogens (tertiary/aromatic N) is 4. The summed E-state index contributed by atoms with van der Waals surface area (Å²) in [5, 5.41) is 12.4. The van der Waals surface area contributed by atoms with Gasteiger partial charge in [-0.1, -0.05) is 6.92 Å². The SMILES string of the molecule is CCNC1CCC(N(C)Cc2nnc3n2CCCC3)CC1. The molecule has 21 heavy (non-hydrogen) atoms. The molecule has 3 rings (SSSR count). The van der Waals surface area contributed by atoms with Crippen LogP contribution in [0.1, 0.15) is 57.1 Å². The molecule has 0 spiro atoms. The Labute approximate surface area is 128 Å². The minimum absolute atomic E-state index is 0.705. The van der Waals surface area contributed by atoms with Gasteiger partial charge in [-0.25, -0.2) is 0 Å². The normalized spacial score (nSPS) is 26.0. The van der Waals surface area contributed by atoms with Crippen LogP contribution in [-0.4, -0.2) is 45.3 Å². The highest BCUT2D eigenvalue weighted by atomic mass is 15.3. The zero-order chi connectivity index (χ0) is 14.7. The lowest BCUT2D eigenvalue weighted by atomic mass is 9.90. The summed E-state index contributed by atoms with van der Waals surface area (Å²) >= 11 is 0. The zero-order valence-corrected chi connectivity index (χ0v) is 13.5. The number of hydrogen-bond acceptors (Lipinski definition) is 4. The highest BCUT2D eigenvalue weighted by Gasteiger charge is 2.25. The summed E-state index contributed by atoms with van der Waals surface area (Å²) in [5.74, 6) is 2.36. The van der Waals surface area contributed by atoms with Crippen molar-refractivity contribution in [1.82, 2.24) is 25.0 Å². The van der Waals surface area contributed by atoms with E-state index in [-0.39, 0.29) is 0 Å². The van der Waals surface area contributed by atoms with Gasteiger partial charge in [0.25, 0.3) is 0 Å². The Balaban J connectivity index is 1.55. The molecular formula is C16H29N5. The predicted molar refractivity (Wildman–Crippen MR) is 84.1 cm³/mol. The quantitative estimate of drug-likeness (QED) is 0.901. The fourth-order valence-electron chi connectivity index (χ4n) is 3.85. The van der Waals surface area contributed by atoms with Crippen LogP contribution < -0.4 is 5.32 Å². The Kier molecular flexibility index (Phi) is 4.91. The molecule has 0 unspecified atom stereocenters. The van der Waals surface area contributed by atoms with Gasteiger partial charge in [-0.2, -0.15) is 0 Å². The third kappa shape index (κ3) is 3.46. The number of aromatic nitrogens is 3. The lowest BCUT2D eigenvalue weighted by molar-refractivity contribution is 0.163. The van der Waals surface area contributed by atoms with Crippen molar-refractivity contribution in [3.8, 4) is 0 Å². The van der Waals surface area contributed by atoms with Gasteiger partial charge in [-0.3, -0.25) is 4.90 Å². The molecule has 1 N–H and O–H groups in total. The van der Waals surface area contributed by atoms with Gasteiger partial charge in [0.05, 0.1) is 6.54 Å². The molecule has 0 amide bonds. The summed E-state index contributed by atoms with van der Waals surface area (Å²) in [4.78, 5) is 2.49. The third-order valence-electron chi connectivity index (χ3n) is 5.14. The van der Waals surface area contributed by atoms with E-state index >= 15 is 0 Å². The minimum Gasteiger partial charge on any atom is -0.314 e. The molecule has 5 nitrogen and oxygen atoms in total. The first-order chi connectivity index (χ1) is 10.3. The molecule has 2 heterocycles. The van der Waals surface area contributed by atoms with Crippen LogP contribution >= 0.6 is 0 Å². The average molecular weight is 291 g/mol. The molecule has 1 aliphatic heterocycles. The fraction of sp³-hybridized carbons (Fsp3) is 0.875. The van der Waals surface area contributed by atoms with Gasteiger partial charge in [0.1, 0.15) is 11.6 Å². The smallest absolute Gasteiger partial charge is 0.147 e. The maximum atomic E-state index is 4.44. The van der Waals surface area contributed by atoms with Gasteiger partial charge in [-0.15, -0.1) is 10.2 Å². The van der Waals surface area contributed by atoms with Crippen molar-refractivity contribution in [1.29, 1.82) is 0 Å². The number of nitrogens with one attached hydrogen (secondary N) is 1. The van der Waals surface area contributed by atoms with Crippen molar-refractivity contribution >= 4 is 0 Å². The molecule has 1 aliphatic carbocycles. The van der Waals surface area contributed by atoms with Gasteiger partial charge in [0, 0.05) is 25.0 Å². The summed E-state index contributed by atoms with van der Waals surface area (Å²) in [5.41, 5.74) is 0. The molecule has 1 aromatic rings. The molecule has 0 atom stereocenters. The molecule has 0 saturated heterocycles. The van der Waals surface area contributed by atoms with E-state index in [1.165, 1.54) is 50.2 Å². The predicted octanol–water partition coefficient (Wildman–Crippen LogP) is 1.97. The molecule has 1 fully saturated rings. The summed E-state index contributed by atoms with van der Waals surface area (Å²) in [7, 11) is 2.25. The van der Waals surface area contributed by atoms with Crippen molar-refractivity contribution in [2.75, 3.05) is 13.6 Å². The van der Waals surface area contributed by atoms with Crippen molar-refractivity contribution in [3.63, 3.8) is 0 Å². The molecule has 1 aromatic heterocycles. The molecule has 2 aliphatic rings. The summed E-state index contributed by atoms with van der Waals surface area (Å²) in [6, 6.07) is 1.44. The molecule has 0 aromatic carbocycles. The molecule has 0 radical (unpaired) electrons. The molecule has 0 bridgehead atoms. The molecule has 1 saturated carbocycles. The van der Waals surface area contributed by atoms with E-state index in [9.17, 15) is 0 Å². The van der Waals surface area contributed by atoms with Gasteiger partial charge < -0.3 is 9.88 Å². The topological polar surface area (TPSA) is 46.0 Å². The van der Waals surface area contributed by atoms with Crippen LogP contribution in [0.3, 0.4) is 0 Å². The van der Waals surface area contributed by atoms with Crippen molar-refractivity contribution < 1.29 is 0 Å². The minimum atomic E-state index is 0.705. The fourth-order valence-corrected chi connectivity index (χ4v) is 3.85. The molecule has 5 heteroatoms. The Hall–Kier alpha value is -0.940. The summed E-state index contributed by atoms with van der Waals surface area (Å²) < 4.78 is 2.35. The Bertz CT molecular complexity index is 448. The van der Waals surface area contributed by atoms with Crippen molar-refractivity contribution in [2.45, 2.75) is 77.0 Å². The van der Waals surface area contributed by atoms with Gasteiger partial charge in [0.2, 0.25) is 0 Å². The second kappa shape index (κ2) is 6.88. The van der Waals surface area contributed by atoms with Gasteiger partial charge in [-0.05, 0) is 52.1 Å². The largest absolute Gasteiger partial charge is 0.314 e. The van der Waals surface area contributed by atoms with Crippen molar-refractivity contribution in [3.05, 3.63) is 11.6 Å². The van der Waals surface area contributed by atoms with Gasteiger partial charge in [0.15, 0.2) is 0 Å². The Morgan fingerprint density at radius 3 is 2.76 bits per heavy atom. The van der Waals surface area contributed by atoms with Crippen LogP contribution in [0.4, 0.5) is 0 Å². The first-order valence-electron chi connectivity index (χ1n) is 8.62. The van der Waals surface area contributed by atoms with Crippen LogP contribution in [0.25, 0.3) is 0 Å². The van der Waals surface area contributed by atoms with Crippen LogP contribution in [0.5, 0.6) is 0 Å².